The Morgan fingerprint density at radius 1 is 1.50 bits per heavy atom. The van der Waals surface area contributed by atoms with E-state index in [1.165, 1.54) is 5.69 Å². The van der Waals surface area contributed by atoms with Crippen molar-refractivity contribution >= 4 is 15.9 Å². The molecule has 14 heavy (non-hydrogen) atoms. The van der Waals surface area contributed by atoms with Crippen molar-refractivity contribution in [1.29, 1.82) is 0 Å². The number of hydrogen-bond acceptors (Lipinski definition) is 3. The van der Waals surface area contributed by atoms with Gasteiger partial charge in [0.2, 0.25) is 0 Å². The summed E-state index contributed by atoms with van der Waals surface area (Å²) >= 11 is 3.57. The highest BCUT2D eigenvalue weighted by atomic mass is 79.9. The Kier molecular flexibility index (Phi) is 4.10. The van der Waals surface area contributed by atoms with Crippen molar-refractivity contribution in [2.75, 3.05) is 14.1 Å². The second-order valence-corrected chi connectivity index (χ2v) is 4.21. The first-order valence-electron chi connectivity index (χ1n) is 4.67. The summed E-state index contributed by atoms with van der Waals surface area (Å²) in [4.78, 5) is 0. The second-order valence-electron chi connectivity index (χ2n) is 3.41. The number of nitrogens with one attached hydrogen (secondary N) is 1. The Labute approximate surface area is 93.4 Å². The fourth-order valence-electron chi connectivity index (χ4n) is 1.24. The molecule has 4 nitrogen and oxygen atoms in total. The third-order valence-electron chi connectivity index (χ3n) is 2.07. The van der Waals surface area contributed by atoms with Crippen LogP contribution in [0.5, 0.6) is 0 Å². The van der Waals surface area contributed by atoms with Gasteiger partial charge in [-0.25, -0.2) is 5.43 Å². The molecule has 1 N–H and O–H groups in total. The summed E-state index contributed by atoms with van der Waals surface area (Å²) in [6.07, 6.45) is 0.955. The minimum atomic E-state index is 0.789. The monoisotopic (exact) mass is 260 g/mol. The molecule has 0 aliphatic rings. The van der Waals surface area contributed by atoms with Gasteiger partial charge >= 0.3 is 0 Å². The molecule has 5 heteroatoms. The molecular weight excluding hydrogens is 244 g/mol. The van der Waals surface area contributed by atoms with Gasteiger partial charge in [-0.05, 0) is 22.4 Å². The lowest BCUT2D eigenvalue weighted by molar-refractivity contribution is 0.281. The molecule has 0 spiro atoms. The number of aryl methyl sites for hydroxylation is 2. The molecule has 0 saturated carbocycles. The molecule has 0 unspecified atom stereocenters. The van der Waals surface area contributed by atoms with Crippen LogP contribution in [0.1, 0.15) is 18.3 Å². The fourth-order valence-corrected chi connectivity index (χ4v) is 2.00. The van der Waals surface area contributed by atoms with Crippen molar-refractivity contribution in [3.8, 4) is 0 Å². The zero-order valence-electron chi connectivity index (χ0n) is 9.13. The number of hydrogen-bond donors (Lipinski definition) is 1. The van der Waals surface area contributed by atoms with E-state index in [1.807, 2.05) is 30.8 Å². The lowest BCUT2D eigenvalue weighted by Gasteiger charge is -2.11. The van der Waals surface area contributed by atoms with Crippen LogP contribution in [0.25, 0.3) is 0 Å². The SMILES string of the molecule is CCc1nn(C)c(CNN(C)C)c1Br. The molecule has 0 radical (unpaired) electrons. The minimum absolute atomic E-state index is 0.789. The van der Waals surface area contributed by atoms with E-state index in [9.17, 15) is 0 Å². The second kappa shape index (κ2) is 4.91. The minimum Gasteiger partial charge on any atom is -0.270 e. The van der Waals surface area contributed by atoms with Gasteiger partial charge in [-0.1, -0.05) is 6.92 Å². The molecule has 0 aliphatic carbocycles. The van der Waals surface area contributed by atoms with Gasteiger partial charge in [0.25, 0.3) is 0 Å². The molecule has 0 aliphatic heterocycles. The zero-order valence-corrected chi connectivity index (χ0v) is 10.7. The molecule has 1 heterocycles. The first kappa shape index (κ1) is 11.7. The van der Waals surface area contributed by atoms with Crippen LogP contribution in [-0.2, 0) is 20.0 Å². The maximum Gasteiger partial charge on any atom is 0.0767 e. The van der Waals surface area contributed by atoms with Crippen molar-refractivity contribution in [1.82, 2.24) is 20.2 Å². The summed E-state index contributed by atoms with van der Waals surface area (Å²) < 4.78 is 3.04. The molecule has 1 aromatic heterocycles. The summed E-state index contributed by atoms with van der Waals surface area (Å²) in [6.45, 7) is 2.90. The Morgan fingerprint density at radius 2 is 2.14 bits per heavy atom. The van der Waals surface area contributed by atoms with Gasteiger partial charge in [-0.15, -0.1) is 0 Å². The van der Waals surface area contributed by atoms with Crippen LogP contribution in [0.15, 0.2) is 4.47 Å². The predicted octanol–water partition coefficient (Wildman–Crippen LogP) is 1.31. The smallest absolute Gasteiger partial charge is 0.0767 e. The molecule has 0 fully saturated rings. The molecular formula is C9H17BrN4. The van der Waals surface area contributed by atoms with Gasteiger partial charge in [0.15, 0.2) is 0 Å². The van der Waals surface area contributed by atoms with Crippen molar-refractivity contribution < 1.29 is 0 Å². The average molecular weight is 261 g/mol. The highest BCUT2D eigenvalue weighted by Crippen LogP contribution is 2.21. The maximum atomic E-state index is 4.42. The summed E-state index contributed by atoms with van der Waals surface area (Å²) in [6, 6.07) is 0. The predicted molar refractivity (Wildman–Crippen MR) is 60.8 cm³/mol. The van der Waals surface area contributed by atoms with E-state index in [-0.39, 0.29) is 0 Å². The van der Waals surface area contributed by atoms with Gasteiger partial charge in [0.05, 0.1) is 22.4 Å². The normalized spacial score (nSPS) is 11.3. The number of hydrazine groups is 1. The highest BCUT2D eigenvalue weighted by Gasteiger charge is 2.11. The average Bonchev–Trinajstić information content (AvgIpc) is 2.39. The highest BCUT2D eigenvalue weighted by molar-refractivity contribution is 9.10. The zero-order chi connectivity index (χ0) is 10.7. The van der Waals surface area contributed by atoms with Crippen molar-refractivity contribution in [2.24, 2.45) is 7.05 Å². The van der Waals surface area contributed by atoms with Crippen LogP contribution in [0.3, 0.4) is 0 Å². The van der Waals surface area contributed by atoms with Crippen LogP contribution in [-0.4, -0.2) is 28.9 Å². The standard InChI is InChI=1S/C9H17BrN4/c1-5-7-9(10)8(14(4)12-7)6-11-13(2)3/h11H,5-6H2,1-4H3. The van der Waals surface area contributed by atoms with Crippen molar-refractivity contribution in [2.45, 2.75) is 19.9 Å². The summed E-state index contributed by atoms with van der Waals surface area (Å²) in [5, 5.41) is 6.35. The molecule has 0 amide bonds. The third kappa shape index (κ3) is 2.56. The van der Waals surface area contributed by atoms with Crippen LogP contribution in [0.4, 0.5) is 0 Å². The summed E-state index contributed by atoms with van der Waals surface area (Å²) in [7, 11) is 5.92. The first-order valence-corrected chi connectivity index (χ1v) is 5.46. The third-order valence-corrected chi connectivity index (χ3v) is 2.98. The van der Waals surface area contributed by atoms with E-state index in [1.54, 1.807) is 0 Å². The number of rotatable bonds is 4. The lowest BCUT2D eigenvalue weighted by atomic mass is 10.3. The molecule has 80 valence electrons. The van der Waals surface area contributed by atoms with Crippen LogP contribution in [0.2, 0.25) is 0 Å². The van der Waals surface area contributed by atoms with Gasteiger partial charge in [-0.3, -0.25) is 9.69 Å². The largest absolute Gasteiger partial charge is 0.270 e. The quantitative estimate of drug-likeness (QED) is 0.830. The molecule has 1 aromatic rings. The van der Waals surface area contributed by atoms with E-state index < -0.39 is 0 Å². The van der Waals surface area contributed by atoms with Crippen molar-refractivity contribution in [3.05, 3.63) is 15.9 Å². The van der Waals surface area contributed by atoms with Crippen LogP contribution < -0.4 is 5.43 Å². The number of nitrogens with zero attached hydrogens (tertiary/aromatic N) is 3. The van der Waals surface area contributed by atoms with Gasteiger partial charge in [-0.2, -0.15) is 5.10 Å². The molecule has 1 rings (SSSR count). The Morgan fingerprint density at radius 3 is 2.57 bits per heavy atom. The van der Waals surface area contributed by atoms with E-state index >= 15 is 0 Å². The molecule has 0 aromatic carbocycles. The molecule has 0 bridgehead atoms. The van der Waals surface area contributed by atoms with E-state index in [0.717, 1.165) is 23.1 Å². The Hall–Kier alpha value is -0.390. The Balaban J connectivity index is 2.80. The van der Waals surface area contributed by atoms with Crippen LogP contribution >= 0.6 is 15.9 Å². The summed E-state index contributed by atoms with van der Waals surface area (Å²) in [5.41, 5.74) is 5.51. The van der Waals surface area contributed by atoms with Crippen LogP contribution in [0, 0.1) is 0 Å². The van der Waals surface area contributed by atoms with E-state index in [4.69, 9.17) is 0 Å². The fraction of sp³-hybridized carbons (Fsp3) is 0.667. The van der Waals surface area contributed by atoms with Gasteiger partial charge in [0, 0.05) is 21.1 Å². The van der Waals surface area contributed by atoms with E-state index in [0.29, 0.717) is 0 Å². The first-order chi connectivity index (χ1) is 6.56. The summed E-state index contributed by atoms with van der Waals surface area (Å²) in [5.74, 6) is 0. The number of aromatic nitrogens is 2. The number of halogens is 1. The van der Waals surface area contributed by atoms with Crippen molar-refractivity contribution in [3.63, 3.8) is 0 Å². The molecule has 0 saturated heterocycles. The Bertz CT molecular complexity index is 306. The van der Waals surface area contributed by atoms with Gasteiger partial charge in [0.1, 0.15) is 0 Å². The maximum absolute atomic E-state index is 4.42. The topological polar surface area (TPSA) is 33.1 Å². The van der Waals surface area contributed by atoms with Gasteiger partial charge < -0.3 is 0 Å². The lowest BCUT2D eigenvalue weighted by Crippen LogP contribution is -2.30. The molecule has 0 atom stereocenters. The van der Waals surface area contributed by atoms with E-state index in [2.05, 4.69) is 33.4 Å².